The minimum Gasteiger partial charge on any atom is -0.457 e. The lowest BCUT2D eigenvalue weighted by Gasteiger charge is -2.09. The normalized spacial score (nSPS) is 9.83. The monoisotopic (exact) mass is 303 g/mol. The smallest absolute Gasteiger partial charge is 0.132 e. The van der Waals surface area contributed by atoms with E-state index in [1.807, 2.05) is 12.1 Å². The van der Waals surface area contributed by atoms with Crippen LogP contribution in [0.2, 0.25) is 0 Å². The Morgan fingerprint density at radius 3 is 2.67 bits per heavy atom. The summed E-state index contributed by atoms with van der Waals surface area (Å²) in [6.45, 7) is -0.0758. The van der Waals surface area contributed by atoms with Crippen molar-refractivity contribution in [3.05, 3.63) is 58.1 Å². The maximum atomic E-state index is 9.20. The number of aliphatic hydroxyl groups is 1. The second-order valence-electron chi connectivity index (χ2n) is 3.62. The molecule has 0 aliphatic carbocycles. The number of hydrogen-bond acceptors (Lipinski definition) is 3. The van der Waals surface area contributed by atoms with Crippen LogP contribution in [0.3, 0.4) is 0 Å². The fourth-order valence-corrected chi connectivity index (χ4v) is 1.96. The maximum Gasteiger partial charge on any atom is 0.132 e. The quantitative estimate of drug-likeness (QED) is 0.942. The highest BCUT2D eigenvalue weighted by atomic mass is 79.9. The summed E-state index contributed by atoms with van der Waals surface area (Å²) in [5.41, 5.74) is 1.27. The van der Waals surface area contributed by atoms with Crippen LogP contribution in [0.5, 0.6) is 11.5 Å². The molecule has 0 heterocycles. The zero-order chi connectivity index (χ0) is 13.0. The van der Waals surface area contributed by atoms with E-state index in [4.69, 9.17) is 10.00 Å². The molecule has 0 unspecified atom stereocenters. The number of nitriles is 1. The Kier molecular flexibility index (Phi) is 3.98. The average Bonchev–Trinajstić information content (AvgIpc) is 2.39. The van der Waals surface area contributed by atoms with Gasteiger partial charge in [-0.15, -0.1) is 0 Å². The molecule has 2 aromatic rings. The van der Waals surface area contributed by atoms with Gasteiger partial charge in [0.1, 0.15) is 17.6 Å². The van der Waals surface area contributed by atoms with Crippen LogP contribution in [0, 0.1) is 11.3 Å². The van der Waals surface area contributed by atoms with Crippen molar-refractivity contribution in [3.63, 3.8) is 0 Å². The van der Waals surface area contributed by atoms with Crippen molar-refractivity contribution in [1.29, 1.82) is 5.26 Å². The molecule has 0 aromatic heterocycles. The number of rotatable bonds is 3. The fourth-order valence-electron chi connectivity index (χ4n) is 1.51. The third-order valence-corrected chi connectivity index (χ3v) is 3.09. The summed E-state index contributed by atoms with van der Waals surface area (Å²) in [5.74, 6) is 1.22. The van der Waals surface area contributed by atoms with Gasteiger partial charge < -0.3 is 9.84 Å². The molecular weight excluding hydrogens is 294 g/mol. The molecule has 0 atom stereocenters. The third kappa shape index (κ3) is 2.70. The van der Waals surface area contributed by atoms with Crippen molar-refractivity contribution in [3.8, 4) is 17.6 Å². The predicted molar refractivity (Wildman–Crippen MR) is 71.3 cm³/mol. The number of hydrogen-bond donors (Lipinski definition) is 1. The summed E-state index contributed by atoms with van der Waals surface area (Å²) in [4.78, 5) is 0. The van der Waals surface area contributed by atoms with E-state index in [0.717, 1.165) is 5.56 Å². The summed E-state index contributed by atoms with van der Waals surface area (Å²) in [5, 5.41) is 18.0. The molecule has 4 heteroatoms. The van der Waals surface area contributed by atoms with Crippen LogP contribution in [0.15, 0.2) is 46.9 Å². The van der Waals surface area contributed by atoms with Crippen molar-refractivity contribution in [1.82, 2.24) is 0 Å². The SMILES string of the molecule is N#Cc1ccc(Oc2ccccc2CO)cc1Br. The summed E-state index contributed by atoms with van der Waals surface area (Å²) < 4.78 is 6.37. The fraction of sp³-hybridized carbons (Fsp3) is 0.0714. The second-order valence-corrected chi connectivity index (χ2v) is 4.48. The highest BCUT2D eigenvalue weighted by Crippen LogP contribution is 2.28. The molecule has 2 rings (SSSR count). The topological polar surface area (TPSA) is 53.2 Å². The Morgan fingerprint density at radius 2 is 2.00 bits per heavy atom. The minimum absolute atomic E-state index is 0.0758. The Bertz CT molecular complexity index is 605. The van der Waals surface area contributed by atoms with Crippen LogP contribution < -0.4 is 4.74 Å². The first-order valence-corrected chi connectivity index (χ1v) is 6.10. The third-order valence-electron chi connectivity index (χ3n) is 2.43. The van der Waals surface area contributed by atoms with Crippen molar-refractivity contribution in [2.45, 2.75) is 6.61 Å². The summed E-state index contributed by atoms with van der Waals surface area (Å²) in [7, 11) is 0. The second kappa shape index (κ2) is 5.67. The number of para-hydroxylation sites is 1. The molecule has 0 aliphatic heterocycles. The zero-order valence-electron chi connectivity index (χ0n) is 9.43. The predicted octanol–water partition coefficient (Wildman–Crippen LogP) is 3.61. The van der Waals surface area contributed by atoms with Crippen molar-refractivity contribution in [2.75, 3.05) is 0 Å². The highest BCUT2D eigenvalue weighted by Gasteiger charge is 2.05. The molecule has 0 fully saturated rings. The van der Waals surface area contributed by atoms with Gasteiger partial charge in [-0.3, -0.25) is 0 Å². The number of aliphatic hydroxyl groups excluding tert-OH is 1. The van der Waals surface area contributed by atoms with Crippen LogP contribution in [0.25, 0.3) is 0 Å². The van der Waals surface area contributed by atoms with Crippen LogP contribution in [0.1, 0.15) is 11.1 Å². The average molecular weight is 304 g/mol. The molecule has 90 valence electrons. The van der Waals surface area contributed by atoms with Gasteiger partial charge in [0.25, 0.3) is 0 Å². The molecule has 0 aliphatic rings. The molecule has 0 bridgehead atoms. The Morgan fingerprint density at radius 1 is 1.22 bits per heavy atom. The van der Waals surface area contributed by atoms with Gasteiger partial charge >= 0.3 is 0 Å². The van der Waals surface area contributed by atoms with Gasteiger partial charge in [0.15, 0.2) is 0 Å². The van der Waals surface area contributed by atoms with E-state index in [1.54, 1.807) is 30.3 Å². The Balaban J connectivity index is 2.29. The van der Waals surface area contributed by atoms with E-state index < -0.39 is 0 Å². The highest BCUT2D eigenvalue weighted by molar-refractivity contribution is 9.10. The molecule has 0 radical (unpaired) electrons. The van der Waals surface area contributed by atoms with Crippen molar-refractivity contribution >= 4 is 15.9 Å². The molecule has 0 spiro atoms. The van der Waals surface area contributed by atoms with Crippen LogP contribution >= 0.6 is 15.9 Å². The lowest BCUT2D eigenvalue weighted by atomic mass is 10.2. The molecule has 3 nitrogen and oxygen atoms in total. The van der Waals surface area contributed by atoms with Gasteiger partial charge in [-0.05, 0) is 40.2 Å². The zero-order valence-corrected chi connectivity index (χ0v) is 11.0. The first-order valence-electron chi connectivity index (χ1n) is 5.31. The van der Waals surface area contributed by atoms with Crippen LogP contribution in [-0.4, -0.2) is 5.11 Å². The van der Waals surface area contributed by atoms with Gasteiger partial charge in [-0.25, -0.2) is 0 Å². The van der Waals surface area contributed by atoms with E-state index in [2.05, 4.69) is 22.0 Å². The first-order chi connectivity index (χ1) is 8.74. The van der Waals surface area contributed by atoms with Gasteiger partial charge in [0.05, 0.1) is 12.2 Å². The molecule has 18 heavy (non-hydrogen) atoms. The van der Waals surface area contributed by atoms with E-state index >= 15 is 0 Å². The van der Waals surface area contributed by atoms with E-state index in [-0.39, 0.29) is 6.61 Å². The number of halogens is 1. The lowest BCUT2D eigenvalue weighted by molar-refractivity contribution is 0.276. The lowest BCUT2D eigenvalue weighted by Crippen LogP contribution is -1.91. The minimum atomic E-state index is -0.0758. The van der Waals surface area contributed by atoms with E-state index in [0.29, 0.717) is 21.5 Å². The van der Waals surface area contributed by atoms with Crippen LogP contribution in [0.4, 0.5) is 0 Å². The Hall–Kier alpha value is -1.83. The number of nitrogens with zero attached hydrogens (tertiary/aromatic N) is 1. The molecule has 1 N–H and O–H groups in total. The summed E-state index contributed by atoms with van der Waals surface area (Å²) in [6.07, 6.45) is 0. The molecule has 0 amide bonds. The Labute approximate surface area is 113 Å². The molecule has 0 saturated heterocycles. The van der Waals surface area contributed by atoms with Crippen LogP contribution in [-0.2, 0) is 6.61 Å². The summed E-state index contributed by atoms with van der Waals surface area (Å²) in [6, 6.07) is 14.5. The molecular formula is C14H10BrNO2. The van der Waals surface area contributed by atoms with E-state index in [9.17, 15) is 5.11 Å². The van der Waals surface area contributed by atoms with Crippen molar-refractivity contribution < 1.29 is 9.84 Å². The maximum absolute atomic E-state index is 9.20. The first kappa shape index (κ1) is 12.6. The van der Waals surface area contributed by atoms with Gasteiger partial charge in [-0.1, -0.05) is 18.2 Å². The van der Waals surface area contributed by atoms with Crippen molar-refractivity contribution in [2.24, 2.45) is 0 Å². The van der Waals surface area contributed by atoms with E-state index in [1.165, 1.54) is 0 Å². The number of ether oxygens (including phenoxy) is 1. The summed E-state index contributed by atoms with van der Waals surface area (Å²) >= 11 is 3.30. The standard InChI is InChI=1S/C14H10BrNO2/c15-13-7-12(6-5-10(13)8-16)18-14-4-2-1-3-11(14)9-17/h1-7,17H,9H2. The van der Waals surface area contributed by atoms with Gasteiger partial charge in [0, 0.05) is 10.0 Å². The van der Waals surface area contributed by atoms with Gasteiger partial charge in [-0.2, -0.15) is 5.26 Å². The largest absolute Gasteiger partial charge is 0.457 e. The molecule has 2 aromatic carbocycles. The number of benzene rings is 2. The van der Waals surface area contributed by atoms with Gasteiger partial charge in [0.2, 0.25) is 0 Å². The molecule has 0 saturated carbocycles.